The number of halogens is 1. The second-order valence-corrected chi connectivity index (χ2v) is 9.22. The second-order valence-electron chi connectivity index (χ2n) is 7.20. The molecule has 8 heteroatoms. The Hall–Kier alpha value is -3.52. The molecule has 1 N–H and O–H groups in total. The first-order valence-corrected chi connectivity index (χ1v) is 11.4. The molecule has 4 aromatic rings. The van der Waals surface area contributed by atoms with Crippen LogP contribution in [0.15, 0.2) is 82.1 Å². The van der Waals surface area contributed by atoms with E-state index < -0.39 is 21.7 Å². The van der Waals surface area contributed by atoms with Crippen molar-refractivity contribution in [2.24, 2.45) is 0 Å². The second kappa shape index (κ2) is 8.31. The molecule has 1 aromatic heterocycles. The van der Waals surface area contributed by atoms with Gasteiger partial charge in [0.15, 0.2) is 15.4 Å². The van der Waals surface area contributed by atoms with Crippen molar-refractivity contribution in [3.63, 3.8) is 0 Å². The summed E-state index contributed by atoms with van der Waals surface area (Å²) in [6.45, 7) is 0. The molecule has 4 rings (SSSR count). The lowest BCUT2D eigenvalue weighted by Crippen LogP contribution is -2.23. The lowest BCUT2D eigenvalue weighted by Gasteiger charge is -2.17. The van der Waals surface area contributed by atoms with Gasteiger partial charge in [0, 0.05) is 6.26 Å². The summed E-state index contributed by atoms with van der Waals surface area (Å²) in [5.74, 6) is -1.54. The number of nitrogens with one attached hydrogen (secondary N) is 1. The topological polar surface area (TPSA) is 89.3 Å². The number of amides is 1. The number of rotatable bonds is 6. The summed E-state index contributed by atoms with van der Waals surface area (Å²) in [6, 6.07) is 19.2. The average molecular weight is 438 g/mol. The highest BCUT2D eigenvalue weighted by Gasteiger charge is 2.24. The van der Waals surface area contributed by atoms with Gasteiger partial charge in [0.1, 0.15) is 11.3 Å². The Morgan fingerprint density at radius 3 is 2.52 bits per heavy atom. The molecule has 0 bridgehead atoms. The zero-order chi connectivity index (χ0) is 22.0. The minimum atomic E-state index is -3.45. The van der Waals surface area contributed by atoms with Crippen LogP contribution in [0.4, 0.5) is 10.4 Å². The smallest absolute Gasteiger partial charge is 0.302 e. The number of hydrogen-bond donors (Lipinski definition) is 1. The zero-order valence-electron chi connectivity index (χ0n) is 16.6. The number of fused-ring (bicyclic) bond motifs is 1. The molecule has 0 spiro atoms. The summed E-state index contributed by atoms with van der Waals surface area (Å²) in [5, 5.41) is 2.68. The molecule has 0 saturated carbocycles. The number of oxazole rings is 1. The van der Waals surface area contributed by atoms with Gasteiger partial charge in [-0.15, -0.1) is 0 Å². The summed E-state index contributed by atoms with van der Waals surface area (Å²) in [6.07, 6.45) is 1.35. The summed E-state index contributed by atoms with van der Waals surface area (Å²) in [4.78, 5) is 17.6. The van der Waals surface area contributed by atoms with Gasteiger partial charge in [0.05, 0.1) is 10.8 Å². The van der Waals surface area contributed by atoms with Crippen LogP contribution in [0.5, 0.6) is 0 Å². The Kier molecular flexibility index (Phi) is 5.56. The minimum Gasteiger partial charge on any atom is -0.423 e. The lowest BCUT2D eigenvalue weighted by atomic mass is 9.91. The molecule has 0 aliphatic carbocycles. The van der Waals surface area contributed by atoms with Crippen LogP contribution in [-0.2, 0) is 21.1 Å². The van der Waals surface area contributed by atoms with Gasteiger partial charge in [-0.3, -0.25) is 10.1 Å². The van der Waals surface area contributed by atoms with Gasteiger partial charge < -0.3 is 4.42 Å². The van der Waals surface area contributed by atoms with Crippen LogP contribution in [0.1, 0.15) is 17.0 Å². The molecule has 31 heavy (non-hydrogen) atoms. The predicted octanol–water partition coefficient (Wildman–Crippen LogP) is 4.34. The molecule has 0 aliphatic heterocycles. The fraction of sp³-hybridized carbons (Fsp3) is 0.130. The van der Waals surface area contributed by atoms with Gasteiger partial charge in [0.2, 0.25) is 5.91 Å². The number of nitrogens with zero attached hydrogens (tertiary/aromatic N) is 1. The highest BCUT2D eigenvalue weighted by atomic mass is 32.2. The van der Waals surface area contributed by atoms with E-state index in [9.17, 15) is 17.6 Å². The first kappa shape index (κ1) is 20.7. The lowest BCUT2D eigenvalue weighted by molar-refractivity contribution is -0.117. The molecule has 3 aromatic carbocycles. The van der Waals surface area contributed by atoms with Gasteiger partial charge in [-0.25, -0.2) is 12.8 Å². The zero-order valence-corrected chi connectivity index (χ0v) is 17.4. The van der Waals surface area contributed by atoms with Gasteiger partial charge in [-0.2, -0.15) is 4.98 Å². The Bertz CT molecular complexity index is 1310. The van der Waals surface area contributed by atoms with Crippen LogP contribution in [0.3, 0.4) is 0 Å². The number of carbonyl (C=O) groups is 1. The van der Waals surface area contributed by atoms with Crippen molar-refractivity contribution in [3.05, 3.63) is 89.7 Å². The SMILES string of the molecule is CS(=O)(=O)c1cccc(C(Cc2ccc(F)cc2)C(=O)Nc2nc3ccccc3o2)c1. The fourth-order valence-corrected chi connectivity index (χ4v) is 3.97. The Balaban J connectivity index is 1.68. The van der Waals surface area contributed by atoms with Crippen molar-refractivity contribution in [3.8, 4) is 0 Å². The van der Waals surface area contributed by atoms with Crippen LogP contribution in [-0.4, -0.2) is 25.6 Å². The third-order valence-corrected chi connectivity index (χ3v) is 5.99. The molecule has 0 saturated heterocycles. The highest BCUT2D eigenvalue weighted by molar-refractivity contribution is 7.90. The van der Waals surface area contributed by atoms with E-state index in [0.29, 0.717) is 16.7 Å². The summed E-state index contributed by atoms with van der Waals surface area (Å²) in [5.41, 5.74) is 2.38. The summed E-state index contributed by atoms with van der Waals surface area (Å²) >= 11 is 0. The van der Waals surface area contributed by atoms with Crippen LogP contribution < -0.4 is 5.32 Å². The third-order valence-electron chi connectivity index (χ3n) is 4.88. The van der Waals surface area contributed by atoms with Crippen molar-refractivity contribution in [1.82, 2.24) is 4.98 Å². The van der Waals surface area contributed by atoms with Crippen molar-refractivity contribution >= 4 is 32.9 Å². The third kappa shape index (κ3) is 4.80. The van der Waals surface area contributed by atoms with E-state index in [1.165, 1.54) is 24.3 Å². The number of aromatic nitrogens is 1. The van der Waals surface area contributed by atoms with Crippen LogP contribution in [0.25, 0.3) is 11.1 Å². The van der Waals surface area contributed by atoms with Crippen molar-refractivity contribution < 1.29 is 22.0 Å². The van der Waals surface area contributed by atoms with E-state index in [1.54, 1.807) is 42.5 Å². The highest BCUT2D eigenvalue weighted by Crippen LogP contribution is 2.26. The molecular weight excluding hydrogens is 419 g/mol. The van der Waals surface area contributed by atoms with E-state index in [1.807, 2.05) is 6.07 Å². The van der Waals surface area contributed by atoms with Crippen molar-refractivity contribution in [2.75, 3.05) is 11.6 Å². The average Bonchev–Trinajstić information content (AvgIpc) is 3.15. The standard InChI is InChI=1S/C23H19FN2O4S/c1-31(28,29)18-6-4-5-16(14-18)19(13-15-9-11-17(24)12-10-15)22(27)26-23-25-20-7-2-3-8-21(20)30-23/h2-12,14,19H,13H2,1H3,(H,25,26,27). The first-order valence-electron chi connectivity index (χ1n) is 9.50. The van der Waals surface area contributed by atoms with E-state index in [4.69, 9.17) is 4.42 Å². The van der Waals surface area contributed by atoms with E-state index in [-0.39, 0.29) is 23.1 Å². The number of hydrogen-bond acceptors (Lipinski definition) is 5. The number of anilines is 1. The molecule has 158 valence electrons. The van der Waals surface area contributed by atoms with Gasteiger partial charge in [0.25, 0.3) is 0 Å². The van der Waals surface area contributed by atoms with Crippen LogP contribution in [0, 0.1) is 5.82 Å². The van der Waals surface area contributed by atoms with Gasteiger partial charge in [-0.1, -0.05) is 36.4 Å². The number of sulfone groups is 1. The first-order chi connectivity index (χ1) is 14.8. The maximum absolute atomic E-state index is 13.3. The molecular formula is C23H19FN2O4S. The largest absolute Gasteiger partial charge is 0.423 e. The maximum Gasteiger partial charge on any atom is 0.302 e. The number of para-hydroxylation sites is 2. The van der Waals surface area contributed by atoms with E-state index >= 15 is 0 Å². The van der Waals surface area contributed by atoms with Crippen LogP contribution in [0.2, 0.25) is 0 Å². The van der Waals surface area contributed by atoms with Crippen molar-refractivity contribution in [1.29, 1.82) is 0 Å². The Morgan fingerprint density at radius 1 is 1.06 bits per heavy atom. The normalized spacial score (nSPS) is 12.6. The van der Waals surface area contributed by atoms with E-state index in [0.717, 1.165) is 11.8 Å². The molecule has 0 fully saturated rings. The predicted molar refractivity (Wildman–Crippen MR) is 115 cm³/mol. The molecule has 1 amide bonds. The summed E-state index contributed by atoms with van der Waals surface area (Å²) in [7, 11) is -3.45. The van der Waals surface area contributed by atoms with E-state index in [2.05, 4.69) is 10.3 Å². The summed E-state index contributed by atoms with van der Waals surface area (Å²) < 4.78 is 42.9. The number of benzene rings is 3. The number of carbonyl (C=O) groups excluding carboxylic acids is 1. The molecule has 6 nitrogen and oxygen atoms in total. The van der Waals surface area contributed by atoms with Gasteiger partial charge in [-0.05, 0) is 53.9 Å². The quantitative estimate of drug-likeness (QED) is 0.484. The molecule has 0 radical (unpaired) electrons. The Morgan fingerprint density at radius 2 is 1.81 bits per heavy atom. The molecule has 1 heterocycles. The van der Waals surface area contributed by atoms with Gasteiger partial charge >= 0.3 is 6.01 Å². The molecule has 1 unspecified atom stereocenters. The fourth-order valence-electron chi connectivity index (χ4n) is 3.30. The van der Waals surface area contributed by atoms with Crippen molar-refractivity contribution in [2.45, 2.75) is 17.2 Å². The Labute approximate surface area is 178 Å². The molecule has 1 atom stereocenters. The monoisotopic (exact) mass is 438 g/mol. The molecule has 0 aliphatic rings. The maximum atomic E-state index is 13.3. The minimum absolute atomic E-state index is 0.0505. The van der Waals surface area contributed by atoms with Crippen LogP contribution >= 0.6 is 0 Å².